The van der Waals surface area contributed by atoms with Gasteiger partial charge in [-0.25, -0.2) is 4.79 Å². The molecule has 0 bridgehead atoms. The molecule has 6 heteroatoms. The van der Waals surface area contributed by atoms with Crippen molar-refractivity contribution in [3.63, 3.8) is 0 Å². The lowest BCUT2D eigenvalue weighted by atomic mass is 10.1. The lowest BCUT2D eigenvalue weighted by molar-refractivity contribution is 0.0546. The highest BCUT2D eigenvalue weighted by molar-refractivity contribution is 5.95. The minimum absolute atomic E-state index is 0.0339. The first kappa shape index (κ1) is 17.9. The second-order valence-corrected chi connectivity index (χ2v) is 6.46. The largest absolute Gasteiger partial charge is 0.478 e. The molecular formula is C20H22N2O4. The summed E-state index contributed by atoms with van der Waals surface area (Å²) in [4.78, 5) is 25.4. The van der Waals surface area contributed by atoms with E-state index in [1.54, 1.807) is 35.2 Å². The number of carboxylic acid groups (broad SMARTS) is 1. The number of carboxylic acids is 1. The van der Waals surface area contributed by atoms with Crippen LogP contribution < -0.4 is 5.32 Å². The quantitative estimate of drug-likeness (QED) is 0.768. The van der Waals surface area contributed by atoms with E-state index in [-0.39, 0.29) is 17.6 Å². The van der Waals surface area contributed by atoms with Gasteiger partial charge < -0.3 is 20.4 Å². The van der Waals surface area contributed by atoms with Crippen molar-refractivity contribution in [3.8, 4) is 0 Å². The molecule has 0 atom stereocenters. The number of carbonyl (C=O) groups is 2. The molecule has 2 aromatic rings. The van der Waals surface area contributed by atoms with Crippen LogP contribution >= 0.6 is 0 Å². The molecule has 0 unspecified atom stereocenters. The summed E-state index contributed by atoms with van der Waals surface area (Å²) in [5, 5.41) is 21.9. The van der Waals surface area contributed by atoms with Crippen LogP contribution in [0.2, 0.25) is 0 Å². The fourth-order valence-corrected chi connectivity index (χ4v) is 3.03. The molecule has 0 spiro atoms. The number of likely N-dealkylation sites (tertiary alicyclic amines) is 1. The predicted octanol–water partition coefficient (Wildman–Crippen LogP) is 2.59. The van der Waals surface area contributed by atoms with Crippen LogP contribution in [0.15, 0.2) is 48.5 Å². The highest BCUT2D eigenvalue weighted by Crippen LogP contribution is 2.17. The minimum Gasteiger partial charge on any atom is -0.478 e. The average molecular weight is 354 g/mol. The van der Waals surface area contributed by atoms with E-state index < -0.39 is 5.97 Å². The number of aliphatic hydroxyl groups excluding tert-OH is 1. The number of hydrogen-bond donors (Lipinski definition) is 3. The Labute approximate surface area is 152 Å². The van der Waals surface area contributed by atoms with Crippen molar-refractivity contribution in [2.45, 2.75) is 25.5 Å². The number of amides is 1. The highest BCUT2D eigenvalue weighted by Gasteiger charge is 2.22. The van der Waals surface area contributed by atoms with Gasteiger partial charge in [0.1, 0.15) is 0 Å². The molecule has 0 saturated carbocycles. The molecule has 2 aromatic carbocycles. The van der Waals surface area contributed by atoms with Gasteiger partial charge in [0.2, 0.25) is 0 Å². The fraction of sp³-hybridized carbons (Fsp3) is 0.300. The Balaban J connectivity index is 1.65. The maximum atomic E-state index is 12.6. The summed E-state index contributed by atoms with van der Waals surface area (Å²) in [7, 11) is 0. The molecule has 1 aliphatic rings. The molecule has 1 aliphatic heterocycles. The Hall–Kier alpha value is -2.86. The Morgan fingerprint density at radius 2 is 1.73 bits per heavy atom. The highest BCUT2D eigenvalue weighted by atomic mass is 16.4. The number of carbonyl (C=O) groups excluding carboxylic acids is 1. The van der Waals surface area contributed by atoms with E-state index in [4.69, 9.17) is 5.11 Å². The van der Waals surface area contributed by atoms with Crippen molar-refractivity contribution < 1.29 is 19.8 Å². The maximum Gasteiger partial charge on any atom is 0.335 e. The molecule has 0 aliphatic carbocycles. The zero-order chi connectivity index (χ0) is 18.5. The van der Waals surface area contributed by atoms with Crippen molar-refractivity contribution in [2.24, 2.45) is 0 Å². The maximum absolute atomic E-state index is 12.6. The van der Waals surface area contributed by atoms with E-state index in [9.17, 15) is 14.7 Å². The molecule has 3 N–H and O–H groups in total. The van der Waals surface area contributed by atoms with Crippen LogP contribution in [0.3, 0.4) is 0 Å². The summed E-state index contributed by atoms with van der Waals surface area (Å²) in [5.74, 6) is -0.987. The van der Waals surface area contributed by atoms with Gasteiger partial charge in [0.25, 0.3) is 5.91 Å². The minimum atomic E-state index is -0.953. The van der Waals surface area contributed by atoms with Crippen molar-refractivity contribution in [1.82, 2.24) is 4.90 Å². The predicted molar refractivity (Wildman–Crippen MR) is 98.3 cm³/mol. The molecule has 136 valence electrons. The number of nitrogens with one attached hydrogen (secondary N) is 1. The summed E-state index contributed by atoms with van der Waals surface area (Å²) < 4.78 is 0. The Morgan fingerprint density at radius 3 is 2.46 bits per heavy atom. The van der Waals surface area contributed by atoms with Crippen LogP contribution in [0.1, 0.15) is 39.1 Å². The summed E-state index contributed by atoms with van der Waals surface area (Å²) in [6.07, 6.45) is 0.918. The van der Waals surface area contributed by atoms with E-state index in [0.717, 1.165) is 11.3 Å². The number of anilines is 1. The zero-order valence-corrected chi connectivity index (χ0v) is 14.4. The summed E-state index contributed by atoms with van der Waals surface area (Å²) in [6.45, 7) is 1.61. The summed E-state index contributed by atoms with van der Waals surface area (Å²) >= 11 is 0. The topological polar surface area (TPSA) is 89.9 Å². The number of rotatable bonds is 5. The molecule has 1 fully saturated rings. The first-order chi connectivity index (χ1) is 12.5. The van der Waals surface area contributed by atoms with Gasteiger partial charge in [0.15, 0.2) is 0 Å². The molecule has 26 heavy (non-hydrogen) atoms. The van der Waals surface area contributed by atoms with Crippen LogP contribution in [-0.2, 0) is 6.54 Å². The Kier molecular flexibility index (Phi) is 5.53. The van der Waals surface area contributed by atoms with Gasteiger partial charge in [-0.15, -0.1) is 0 Å². The van der Waals surface area contributed by atoms with Crippen LogP contribution in [-0.4, -0.2) is 46.2 Å². The SMILES string of the molecule is O=C(O)c1cccc(CNc2cccc(C(=O)N3CCC(O)CC3)c2)c1. The number of hydrogen-bond acceptors (Lipinski definition) is 4. The molecule has 3 rings (SSSR count). The van der Waals surface area contributed by atoms with Gasteiger partial charge in [-0.2, -0.15) is 0 Å². The Morgan fingerprint density at radius 1 is 1.04 bits per heavy atom. The first-order valence-corrected chi connectivity index (χ1v) is 8.66. The van der Waals surface area contributed by atoms with E-state index in [1.165, 1.54) is 0 Å². The smallest absolute Gasteiger partial charge is 0.335 e. The number of aromatic carboxylic acids is 1. The molecule has 0 aromatic heterocycles. The standard InChI is InChI=1S/C20H22N2O4/c23-18-7-9-22(10-8-18)19(24)15-4-2-6-17(12-15)21-13-14-3-1-5-16(11-14)20(25)26/h1-6,11-12,18,21,23H,7-10,13H2,(H,25,26). The third-order valence-electron chi connectivity index (χ3n) is 4.53. The normalized spacial score (nSPS) is 14.9. The van der Waals surface area contributed by atoms with Crippen molar-refractivity contribution >= 4 is 17.6 Å². The summed E-state index contributed by atoms with van der Waals surface area (Å²) in [6, 6.07) is 14.0. The van der Waals surface area contributed by atoms with Crippen LogP contribution in [0.5, 0.6) is 0 Å². The molecule has 0 radical (unpaired) electrons. The lowest BCUT2D eigenvalue weighted by Crippen LogP contribution is -2.40. The number of benzene rings is 2. The van der Waals surface area contributed by atoms with Gasteiger partial charge in [-0.1, -0.05) is 18.2 Å². The third-order valence-corrected chi connectivity index (χ3v) is 4.53. The molecule has 1 saturated heterocycles. The van der Waals surface area contributed by atoms with E-state index >= 15 is 0 Å². The summed E-state index contributed by atoms with van der Waals surface area (Å²) in [5.41, 5.74) is 2.51. The van der Waals surface area contributed by atoms with Crippen molar-refractivity contribution in [3.05, 3.63) is 65.2 Å². The average Bonchev–Trinajstić information content (AvgIpc) is 2.67. The molecule has 1 amide bonds. The van der Waals surface area contributed by atoms with E-state index in [0.29, 0.717) is 38.0 Å². The van der Waals surface area contributed by atoms with Gasteiger partial charge in [-0.05, 0) is 48.7 Å². The van der Waals surface area contributed by atoms with Crippen LogP contribution in [0.4, 0.5) is 5.69 Å². The third kappa shape index (κ3) is 4.40. The van der Waals surface area contributed by atoms with E-state index in [1.807, 2.05) is 18.2 Å². The first-order valence-electron chi connectivity index (χ1n) is 8.66. The number of nitrogens with zero attached hydrogens (tertiary/aromatic N) is 1. The monoisotopic (exact) mass is 354 g/mol. The van der Waals surface area contributed by atoms with E-state index in [2.05, 4.69) is 5.32 Å². The van der Waals surface area contributed by atoms with Crippen molar-refractivity contribution in [2.75, 3.05) is 18.4 Å². The van der Waals surface area contributed by atoms with Gasteiger partial charge >= 0.3 is 5.97 Å². The van der Waals surface area contributed by atoms with Crippen LogP contribution in [0.25, 0.3) is 0 Å². The second kappa shape index (κ2) is 8.01. The molecule has 6 nitrogen and oxygen atoms in total. The number of piperidine rings is 1. The van der Waals surface area contributed by atoms with Gasteiger partial charge in [-0.3, -0.25) is 4.79 Å². The number of aliphatic hydroxyl groups is 1. The van der Waals surface area contributed by atoms with Crippen LogP contribution in [0, 0.1) is 0 Å². The molecular weight excluding hydrogens is 332 g/mol. The van der Waals surface area contributed by atoms with Gasteiger partial charge in [0, 0.05) is 30.9 Å². The zero-order valence-electron chi connectivity index (χ0n) is 14.4. The molecule has 1 heterocycles. The van der Waals surface area contributed by atoms with Crippen molar-refractivity contribution in [1.29, 1.82) is 0 Å². The lowest BCUT2D eigenvalue weighted by Gasteiger charge is -2.29. The fourth-order valence-electron chi connectivity index (χ4n) is 3.03. The van der Waals surface area contributed by atoms with Gasteiger partial charge in [0.05, 0.1) is 11.7 Å². The Bertz CT molecular complexity index is 798. The second-order valence-electron chi connectivity index (χ2n) is 6.46.